The fraction of sp³-hybridized carbons (Fsp3) is 0.250. The molecule has 0 fully saturated rings. The second kappa shape index (κ2) is 5.13. The molecule has 0 saturated carbocycles. The molecule has 2 nitrogen and oxygen atoms in total. The molecule has 2 aromatic carbocycles. The van der Waals surface area contributed by atoms with Crippen molar-refractivity contribution < 1.29 is 9.84 Å². The van der Waals surface area contributed by atoms with Crippen LogP contribution in [0.1, 0.15) is 19.4 Å². The predicted octanol–water partition coefficient (Wildman–Crippen LogP) is 4.06. The van der Waals surface area contributed by atoms with Gasteiger partial charge < -0.3 is 9.84 Å². The van der Waals surface area contributed by atoms with Gasteiger partial charge in [-0.25, -0.2) is 0 Å². The maximum absolute atomic E-state index is 10.1. The van der Waals surface area contributed by atoms with Crippen molar-refractivity contribution in [2.45, 2.75) is 20.3 Å². The summed E-state index contributed by atoms with van der Waals surface area (Å²) >= 11 is 0. The number of phenols is 1. The number of phenolic OH excluding ortho intramolecular Hbond substituents is 1. The van der Waals surface area contributed by atoms with Crippen molar-refractivity contribution >= 4 is 10.8 Å². The Labute approximate surface area is 108 Å². The summed E-state index contributed by atoms with van der Waals surface area (Å²) in [6.45, 7) is 4.11. The van der Waals surface area contributed by atoms with Crippen LogP contribution in [0.2, 0.25) is 0 Å². The Kier molecular flexibility index (Phi) is 3.56. The third-order valence-corrected chi connectivity index (χ3v) is 3.02. The number of hydrogen-bond acceptors (Lipinski definition) is 2. The minimum Gasteiger partial charge on any atom is -0.508 e. The first-order chi connectivity index (χ1) is 8.63. The number of allylic oxidation sites excluding steroid dienone is 2. The molecule has 2 aromatic rings. The molecule has 2 heteroatoms. The molecule has 0 amide bonds. The summed E-state index contributed by atoms with van der Waals surface area (Å²) in [5, 5.41) is 12.1. The Morgan fingerprint density at radius 1 is 1.22 bits per heavy atom. The summed E-state index contributed by atoms with van der Waals surface area (Å²) in [6.07, 6.45) is 2.83. The quantitative estimate of drug-likeness (QED) is 0.822. The van der Waals surface area contributed by atoms with Gasteiger partial charge in [0, 0.05) is 10.9 Å². The average Bonchev–Trinajstić information content (AvgIpc) is 2.36. The summed E-state index contributed by atoms with van der Waals surface area (Å²) < 4.78 is 5.40. The van der Waals surface area contributed by atoms with Gasteiger partial charge >= 0.3 is 0 Å². The van der Waals surface area contributed by atoms with Gasteiger partial charge in [-0.3, -0.25) is 0 Å². The van der Waals surface area contributed by atoms with Crippen molar-refractivity contribution in [3.63, 3.8) is 0 Å². The van der Waals surface area contributed by atoms with Gasteiger partial charge in [-0.1, -0.05) is 29.8 Å². The number of methoxy groups -OCH3 is 1. The fourth-order valence-electron chi connectivity index (χ4n) is 2.09. The van der Waals surface area contributed by atoms with Crippen LogP contribution in [-0.4, -0.2) is 12.2 Å². The molecule has 0 aliphatic heterocycles. The zero-order valence-corrected chi connectivity index (χ0v) is 11.0. The lowest BCUT2D eigenvalue weighted by molar-refractivity contribution is 0.419. The summed E-state index contributed by atoms with van der Waals surface area (Å²) in [7, 11) is 1.66. The fourth-order valence-corrected chi connectivity index (χ4v) is 2.09. The van der Waals surface area contributed by atoms with E-state index in [4.69, 9.17) is 4.74 Å². The van der Waals surface area contributed by atoms with Gasteiger partial charge in [-0.2, -0.15) is 0 Å². The van der Waals surface area contributed by atoms with E-state index < -0.39 is 0 Å². The van der Waals surface area contributed by atoms with Gasteiger partial charge in [-0.05, 0) is 37.8 Å². The van der Waals surface area contributed by atoms with Gasteiger partial charge in [0.25, 0.3) is 0 Å². The van der Waals surface area contributed by atoms with Crippen molar-refractivity contribution in [1.82, 2.24) is 0 Å². The van der Waals surface area contributed by atoms with E-state index in [9.17, 15) is 5.11 Å². The molecule has 0 unspecified atom stereocenters. The molecular weight excluding hydrogens is 224 g/mol. The topological polar surface area (TPSA) is 29.5 Å². The van der Waals surface area contributed by atoms with E-state index in [0.29, 0.717) is 12.2 Å². The first kappa shape index (κ1) is 12.5. The van der Waals surface area contributed by atoms with E-state index in [2.05, 4.69) is 19.9 Å². The molecule has 0 atom stereocenters. The second-order valence-electron chi connectivity index (χ2n) is 4.61. The minimum absolute atomic E-state index is 0.324. The van der Waals surface area contributed by atoms with Crippen LogP contribution in [0.25, 0.3) is 10.8 Å². The molecule has 0 bridgehead atoms. The molecule has 0 aliphatic carbocycles. The maximum Gasteiger partial charge on any atom is 0.127 e. The monoisotopic (exact) mass is 242 g/mol. The number of fused-ring (bicyclic) bond motifs is 1. The number of aromatic hydroxyl groups is 1. The standard InChI is InChI=1S/C16H18O2/c1-11(2)7-9-13-14(17)10-8-12-5-4-6-15(18-3)16(12)13/h4-8,10,17H,9H2,1-3H3. The van der Waals surface area contributed by atoms with E-state index in [-0.39, 0.29) is 0 Å². The first-order valence-electron chi connectivity index (χ1n) is 6.04. The predicted molar refractivity (Wildman–Crippen MR) is 75.3 cm³/mol. The number of hydrogen-bond donors (Lipinski definition) is 1. The molecule has 0 heterocycles. The Balaban J connectivity index is 2.68. The number of rotatable bonds is 3. The molecule has 1 N–H and O–H groups in total. The van der Waals surface area contributed by atoms with Crippen LogP contribution in [0.5, 0.6) is 11.5 Å². The Morgan fingerprint density at radius 3 is 2.67 bits per heavy atom. The van der Waals surface area contributed by atoms with E-state index in [1.165, 1.54) is 5.57 Å². The van der Waals surface area contributed by atoms with Crippen molar-refractivity contribution in [3.8, 4) is 11.5 Å². The van der Waals surface area contributed by atoms with Gasteiger partial charge in [0.15, 0.2) is 0 Å². The van der Waals surface area contributed by atoms with Crippen molar-refractivity contribution in [1.29, 1.82) is 0 Å². The molecule has 2 rings (SSSR count). The lowest BCUT2D eigenvalue weighted by atomic mass is 9.99. The molecule has 0 radical (unpaired) electrons. The lowest BCUT2D eigenvalue weighted by Crippen LogP contribution is -1.91. The van der Waals surface area contributed by atoms with Gasteiger partial charge in [0.05, 0.1) is 7.11 Å². The second-order valence-corrected chi connectivity index (χ2v) is 4.61. The van der Waals surface area contributed by atoms with Crippen LogP contribution in [0.4, 0.5) is 0 Å². The van der Waals surface area contributed by atoms with Gasteiger partial charge in [0.2, 0.25) is 0 Å². The van der Waals surface area contributed by atoms with E-state index in [1.54, 1.807) is 13.2 Å². The highest BCUT2D eigenvalue weighted by Crippen LogP contribution is 2.34. The van der Waals surface area contributed by atoms with Crippen LogP contribution in [0, 0.1) is 0 Å². The molecular formula is C16H18O2. The summed E-state index contributed by atoms with van der Waals surface area (Å²) in [5.41, 5.74) is 2.16. The SMILES string of the molecule is COc1cccc2ccc(O)c(CC=C(C)C)c12. The largest absolute Gasteiger partial charge is 0.508 e. The van der Waals surface area contributed by atoms with Crippen molar-refractivity contribution in [2.75, 3.05) is 7.11 Å². The normalized spacial score (nSPS) is 10.4. The van der Waals surface area contributed by atoms with Crippen LogP contribution in [0.3, 0.4) is 0 Å². The zero-order chi connectivity index (χ0) is 13.1. The highest BCUT2D eigenvalue weighted by Gasteiger charge is 2.10. The van der Waals surface area contributed by atoms with E-state index in [0.717, 1.165) is 22.1 Å². The molecule has 18 heavy (non-hydrogen) atoms. The lowest BCUT2D eigenvalue weighted by Gasteiger charge is -2.11. The molecule has 0 aromatic heterocycles. The molecule has 94 valence electrons. The highest BCUT2D eigenvalue weighted by molar-refractivity contribution is 5.93. The number of benzene rings is 2. The smallest absolute Gasteiger partial charge is 0.127 e. The van der Waals surface area contributed by atoms with Crippen LogP contribution in [-0.2, 0) is 6.42 Å². The summed E-state index contributed by atoms with van der Waals surface area (Å²) in [4.78, 5) is 0. The van der Waals surface area contributed by atoms with E-state index >= 15 is 0 Å². The summed E-state index contributed by atoms with van der Waals surface area (Å²) in [5.74, 6) is 1.13. The third-order valence-electron chi connectivity index (χ3n) is 3.02. The van der Waals surface area contributed by atoms with Crippen molar-refractivity contribution in [2.24, 2.45) is 0 Å². The van der Waals surface area contributed by atoms with Crippen LogP contribution >= 0.6 is 0 Å². The average molecular weight is 242 g/mol. The highest BCUT2D eigenvalue weighted by atomic mass is 16.5. The molecule has 0 aliphatic rings. The Morgan fingerprint density at radius 2 is 2.00 bits per heavy atom. The zero-order valence-electron chi connectivity index (χ0n) is 11.0. The minimum atomic E-state index is 0.324. The Bertz CT molecular complexity index is 593. The van der Waals surface area contributed by atoms with Crippen molar-refractivity contribution in [3.05, 3.63) is 47.5 Å². The van der Waals surface area contributed by atoms with Crippen LogP contribution < -0.4 is 4.74 Å². The number of ether oxygens (including phenoxy) is 1. The first-order valence-corrected chi connectivity index (χ1v) is 6.04. The van der Waals surface area contributed by atoms with E-state index in [1.807, 2.05) is 24.3 Å². The maximum atomic E-state index is 10.1. The van der Waals surface area contributed by atoms with Gasteiger partial charge in [-0.15, -0.1) is 0 Å². The molecule has 0 saturated heterocycles. The summed E-state index contributed by atoms with van der Waals surface area (Å²) in [6, 6.07) is 9.58. The third kappa shape index (κ3) is 2.33. The van der Waals surface area contributed by atoms with Crippen LogP contribution in [0.15, 0.2) is 42.0 Å². The van der Waals surface area contributed by atoms with Gasteiger partial charge in [0.1, 0.15) is 11.5 Å². The molecule has 0 spiro atoms. The Hall–Kier alpha value is -1.96.